The molecule has 30 heavy (non-hydrogen) atoms. The molecule has 3 nitrogen and oxygen atoms in total. The third-order valence-corrected chi connectivity index (χ3v) is 7.41. The average Bonchev–Trinajstić information content (AvgIpc) is 2.78. The normalized spacial score (nSPS) is 33.1. The van der Waals surface area contributed by atoms with Crippen molar-refractivity contribution in [2.24, 2.45) is 0 Å². The van der Waals surface area contributed by atoms with Gasteiger partial charge in [-0.05, 0) is 62.5 Å². The molecule has 0 bridgehead atoms. The van der Waals surface area contributed by atoms with Crippen LogP contribution in [0.3, 0.4) is 0 Å². The molecule has 0 spiro atoms. The molecule has 0 atom stereocenters. The lowest BCUT2D eigenvalue weighted by Crippen LogP contribution is -2.40. The van der Waals surface area contributed by atoms with Gasteiger partial charge in [0.2, 0.25) is 0 Å². The van der Waals surface area contributed by atoms with E-state index < -0.39 is 34.9 Å². The van der Waals surface area contributed by atoms with Gasteiger partial charge < -0.3 is 0 Å². The second-order valence-corrected chi connectivity index (χ2v) is 9.18. The number of hydrogen-bond acceptors (Lipinski definition) is 3. The first-order valence-corrected chi connectivity index (χ1v) is 11.7. The van der Waals surface area contributed by atoms with Crippen LogP contribution in [0.25, 0.3) is 0 Å². The molecule has 2 saturated carbocycles. The summed E-state index contributed by atoms with van der Waals surface area (Å²) in [7, 11) is 0. The van der Waals surface area contributed by atoms with Crippen LogP contribution in [0.1, 0.15) is 62.5 Å². The van der Waals surface area contributed by atoms with E-state index >= 15 is 0 Å². The zero-order valence-corrected chi connectivity index (χ0v) is 17.8. The molecule has 2 aromatic carbocycles. The van der Waals surface area contributed by atoms with E-state index in [4.69, 9.17) is 8.37 Å². The van der Waals surface area contributed by atoms with Crippen molar-refractivity contribution in [2.45, 2.75) is 74.9 Å². The molecule has 2 aliphatic carbocycles. The lowest BCUT2D eigenvalue weighted by Gasteiger charge is -2.40. The summed E-state index contributed by atoms with van der Waals surface area (Å²) >= 11 is -2.06. The van der Waals surface area contributed by atoms with Gasteiger partial charge in [0.05, 0.1) is 0 Å². The first kappa shape index (κ1) is 21.6. The van der Waals surface area contributed by atoms with Crippen molar-refractivity contribution in [3.05, 3.63) is 71.8 Å². The topological polar surface area (TPSA) is 35.5 Å². The minimum atomic E-state index is -2.06. The van der Waals surface area contributed by atoms with Crippen LogP contribution in [-0.2, 0) is 30.9 Å². The molecule has 0 amide bonds. The van der Waals surface area contributed by atoms with Gasteiger partial charge in [-0.1, -0.05) is 60.7 Å². The van der Waals surface area contributed by atoms with Gasteiger partial charge in [0, 0.05) is 0 Å². The van der Waals surface area contributed by atoms with E-state index in [-0.39, 0.29) is 0 Å². The van der Waals surface area contributed by atoms with E-state index in [1.807, 2.05) is 60.7 Å². The van der Waals surface area contributed by atoms with Gasteiger partial charge in [0.15, 0.2) is 0 Å². The summed E-state index contributed by atoms with van der Waals surface area (Å²) in [5.41, 5.74) is 0.0819. The van der Waals surface area contributed by atoms with Gasteiger partial charge in [0.1, 0.15) is 23.5 Å². The summed E-state index contributed by atoms with van der Waals surface area (Å²) in [5, 5.41) is 0. The van der Waals surface area contributed by atoms with E-state index in [1.54, 1.807) is 0 Å². The van der Waals surface area contributed by atoms with Crippen LogP contribution < -0.4 is 0 Å². The Balaban J connectivity index is 1.57. The second kappa shape index (κ2) is 9.25. The molecule has 0 aromatic heterocycles. The van der Waals surface area contributed by atoms with Crippen molar-refractivity contribution in [3.8, 4) is 0 Å². The Morgan fingerprint density at radius 3 is 1.33 bits per heavy atom. The van der Waals surface area contributed by atoms with Gasteiger partial charge in [-0.2, -0.15) is 4.21 Å². The highest BCUT2D eigenvalue weighted by molar-refractivity contribution is 7.75. The highest BCUT2D eigenvalue weighted by atomic mass is 32.2. The minimum Gasteiger partial charge on any atom is -0.257 e. The highest BCUT2D eigenvalue weighted by Crippen LogP contribution is 2.45. The summed E-state index contributed by atoms with van der Waals surface area (Å²) < 4.78 is 53.1. The van der Waals surface area contributed by atoms with Crippen molar-refractivity contribution < 1.29 is 21.4 Å². The molecule has 0 N–H and O–H groups in total. The molecule has 162 valence electrons. The number of halogens is 2. The van der Waals surface area contributed by atoms with Crippen molar-refractivity contribution in [3.63, 3.8) is 0 Å². The van der Waals surface area contributed by atoms with Crippen molar-refractivity contribution in [2.75, 3.05) is 0 Å². The molecule has 6 heteroatoms. The lowest BCUT2D eigenvalue weighted by molar-refractivity contribution is -0.0323. The van der Waals surface area contributed by atoms with Crippen LogP contribution in [0, 0.1) is 0 Å². The van der Waals surface area contributed by atoms with Crippen molar-refractivity contribution >= 4 is 11.4 Å². The van der Waals surface area contributed by atoms with Gasteiger partial charge in [0.25, 0.3) is 0 Å². The summed E-state index contributed by atoms with van der Waals surface area (Å²) in [5.74, 6) is 0. The van der Waals surface area contributed by atoms with Crippen LogP contribution in [0.4, 0.5) is 8.78 Å². The third kappa shape index (κ3) is 4.66. The van der Waals surface area contributed by atoms with Crippen molar-refractivity contribution in [1.29, 1.82) is 0 Å². The van der Waals surface area contributed by atoms with Crippen LogP contribution in [0.2, 0.25) is 0 Å². The maximum Gasteiger partial charge on any atom is 0.306 e. The van der Waals surface area contributed by atoms with Gasteiger partial charge in [-0.3, -0.25) is 8.37 Å². The highest BCUT2D eigenvalue weighted by Gasteiger charge is 2.44. The van der Waals surface area contributed by atoms with E-state index in [2.05, 4.69) is 0 Å². The molecule has 2 aliphatic rings. The fourth-order valence-corrected chi connectivity index (χ4v) is 5.78. The number of rotatable bonds is 6. The zero-order valence-electron chi connectivity index (χ0n) is 17.0. The van der Waals surface area contributed by atoms with E-state index in [0.29, 0.717) is 51.4 Å². The second-order valence-electron chi connectivity index (χ2n) is 8.44. The van der Waals surface area contributed by atoms with E-state index in [9.17, 15) is 13.0 Å². The SMILES string of the molecule is O=S(OC1(c2ccccc2)CCC(F)CC1)OC1(c2ccccc2)CCC(F)CC1. The predicted octanol–water partition coefficient (Wildman–Crippen LogP) is 6.21. The maximum atomic E-state index is 13.9. The lowest BCUT2D eigenvalue weighted by atomic mass is 9.79. The smallest absolute Gasteiger partial charge is 0.257 e. The van der Waals surface area contributed by atoms with Gasteiger partial charge in [-0.25, -0.2) is 8.78 Å². The summed E-state index contributed by atoms with van der Waals surface area (Å²) in [6.45, 7) is 0. The molecular formula is C24H28F2O3S. The number of hydrogen-bond donors (Lipinski definition) is 0. The number of benzene rings is 2. The largest absolute Gasteiger partial charge is 0.306 e. The van der Waals surface area contributed by atoms with Gasteiger partial charge in [-0.15, -0.1) is 0 Å². The van der Waals surface area contributed by atoms with Crippen LogP contribution in [-0.4, -0.2) is 16.6 Å². The minimum absolute atomic E-state index is 0.361. The Morgan fingerprint density at radius 1 is 0.667 bits per heavy atom. The molecule has 0 aliphatic heterocycles. The monoisotopic (exact) mass is 434 g/mol. The predicted molar refractivity (Wildman–Crippen MR) is 113 cm³/mol. The Morgan fingerprint density at radius 2 is 1.00 bits per heavy atom. The first-order chi connectivity index (χ1) is 14.5. The Hall–Kier alpha value is -1.63. The molecule has 0 heterocycles. The Labute approximate surface area is 179 Å². The van der Waals surface area contributed by atoms with Gasteiger partial charge >= 0.3 is 11.4 Å². The molecule has 2 fully saturated rings. The molecule has 0 radical (unpaired) electrons. The fraction of sp³-hybridized carbons (Fsp3) is 0.500. The van der Waals surface area contributed by atoms with Crippen molar-refractivity contribution in [1.82, 2.24) is 0 Å². The summed E-state index contributed by atoms with van der Waals surface area (Å²) in [6.07, 6.45) is 1.48. The molecule has 4 rings (SSSR count). The molecule has 0 unspecified atom stereocenters. The quantitative estimate of drug-likeness (QED) is 0.542. The van der Waals surface area contributed by atoms with Crippen LogP contribution >= 0.6 is 0 Å². The van der Waals surface area contributed by atoms with E-state index in [0.717, 1.165) is 11.1 Å². The molecular weight excluding hydrogens is 406 g/mol. The Bertz CT molecular complexity index is 761. The third-order valence-electron chi connectivity index (χ3n) is 6.50. The van der Waals surface area contributed by atoms with Crippen LogP contribution in [0.15, 0.2) is 60.7 Å². The zero-order chi connectivity index (χ0) is 21.0. The summed E-state index contributed by atoms with van der Waals surface area (Å²) in [6, 6.07) is 19.1. The van der Waals surface area contributed by atoms with E-state index in [1.165, 1.54) is 0 Å². The molecule has 0 saturated heterocycles. The standard InChI is InChI=1S/C24H28F2O3S/c25-21-11-15-23(16-12-21,19-7-3-1-4-8-19)28-30(27)29-24(17-13-22(26)14-18-24)20-9-5-2-6-10-20/h1-10,21-22H,11-18H2. The summed E-state index contributed by atoms with van der Waals surface area (Å²) in [4.78, 5) is 0. The Kier molecular flexibility index (Phi) is 6.66. The average molecular weight is 435 g/mol. The fourth-order valence-electron chi connectivity index (χ4n) is 4.70. The molecule has 2 aromatic rings. The van der Waals surface area contributed by atoms with Crippen LogP contribution in [0.5, 0.6) is 0 Å². The number of alkyl halides is 2. The maximum absolute atomic E-state index is 13.9. The first-order valence-electron chi connectivity index (χ1n) is 10.7.